The second-order valence-electron chi connectivity index (χ2n) is 3.40. The third kappa shape index (κ3) is 0.967. The molecule has 0 aromatic carbocycles. The van der Waals surface area contributed by atoms with Crippen molar-refractivity contribution >= 4 is 5.82 Å². The van der Waals surface area contributed by atoms with Crippen LogP contribution < -0.4 is 5.32 Å². The monoisotopic (exact) mass is 163 g/mol. The number of fused-ring (bicyclic) bond motifs is 1. The Bertz CT molecular complexity index is 320. The van der Waals surface area contributed by atoms with Crippen molar-refractivity contribution in [3.63, 3.8) is 0 Å². The molecule has 3 nitrogen and oxygen atoms in total. The van der Waals surface area contributed by atoms with Gasteiger partial charge in [-0.25, -0.2) is 9.97 Å². The van der Waals surface area contributed by atoms with Gasteiger partial charge >= 0.3 is 0 Å². The van der Waals surface area contributed by atoms with Crippen LogP contribution in [0.4, 0.5) is 5.82 Å². The molecule has 0 spiro atoms. The van der Waals surface area contributed by atoms with Crippen LogP contribution in [0.3, 0.4) is 0 Å². The molecule has 0 saturated heterocycles. The summed E-state index contributed by atoms with van der Waals surface area (Å²) in [5, 5.41) is 3.28. The molecule has 0 radical (unpaired) electrons. The third-order valence-electron chi connectivity index (χ3n) is 2.32. The van der Waals surface area contributed by atoms with Crippen LogP contribution in [0.25, 0.3) is 0 Å². The second kappa shape index (κ2) is 2.44. The van der Waals surface area contributed by atoms with E-state index >= 15 is 0 Å². The lowest BCUT2D eigenvalue weighted by molar-refractivity contribution is 0.833. The average Bonchev–Trinajstić information content (AvgIpc) is 2.31. The summed E-state index contributed by atoms with van der Waals surface area (Å²) in [4.78, 5) is 8.69. The Morgan fingerprint density at radius 1 is 1.33 bits per heavy atom. The van der Waals surface area contributed by atoms with Gasteiger partial charge in [-0.3, -0.25) is 0 Å². The van der Waals surface area contributed by atoms with Gasteiger partial charge in [0.05, 0.1) is 0 Å². The standard InChI is InChI=1S/C9H13N3/c1-5-4-10-9-8(5)6(2)11-7(3)12-9/h5H,4H2,1-3H3,(H,10,11,12). The summed E-state index contributed by atoms with van der Waals surface area (Å²) in [6, 6.07) is 0. The predicted octanol–water partition coefficient (Wildman–Crippen LogP) is 1.62. The summed E-state index contributed by atoms with van der Waals surface area (Å²) in [6.07, 6.45) is 0. The summed E-state index contributed by atoms with van der Waals surface area (Å²) in [5.41, 5.74) is 2.41. The summed E-state index contributed by atoms with van der Waals surface area (Å²) in [6.45, 7) is 7.17. The van der Waals surface area contributed by atoms with E-state index in [0.717, 1.165) is 23.9 Å². The zero-order valence-corrected chi connectivity index (χ0v) is 7.68. The molecule has 1 atom stereocenters. The highest BCUT2D eigenvalue weighted by Crippen LogP contribution is 2.30. The predicted molar refractivity (Wildman–Crippen MR) is 48.4 cm³/mol. The summed E-state index contributed by atoms with van der Waals surface area (Å²) < 4.78 is 0. The molecule has 64 valence electrons. The fourth-order valence-corrected chi connectivity index (χ4v) is 1.80. The lowest BCUT2D eigenvalue weighted by Gasteiger charge is -2.05. The van der Waals surface area contributed by atoms with Crippen molar-refractivity contribution in [1.29, 1.82) is 0 Å². The van der Waals surface area contributed by atoms with Gasteiger partial charge < -0.3 is 5.32 Å². The first-order valence-corrected chi connectivity index (χ1v) is 4.27. The molecule has 1 unspecified atom stereocenters. The number of hydrogen-bond acceptors (Lipinski definition) is 3. The highest BCUT2D eigenvalue weighted by atomic mass is 15.1. The molecule has 1 aliphatic heterocycles. The van der Waals surface area contributed by atoms with Gasteiger partial charge in [-0.1, -0.05) is 6.92 Å². The van der Waals surface area contributed by atoms with E-state index in [0.29, 0.717) is 5.92 Å². The van der Waals surface area contributed by atoms with E-state index in [4.69, 9.17) is 0 Å². The zero-order chi connectivity index (χ0) is 8.72. The maximum absolute atomic E-state index is 4.34. The minimum atomic E-state index is 0.556. The lowest BCUT2D eigenvalue weighted by Crippen LogP contribution is -1.98. The smallest absolute Gasteiger partial charge is 0.133 e. The van der Waals surface area contributed by atoms with Crippen LogP contribution in [0.2, 0.25) is 0 Å². The number of nitrogens with zero attached hydrogens (tertiary/aromatic N) is 2. The number of rotatable bonds is 0. The van der Waals surface area contributed by atoms with Crippen LogP contribution in [0.5, 0.6) is 0 Å². The Morgan fingerprint density at radius 2 is 2.08 bits per heavy atom. The molecule has 1 N–H and O–H groups in total. The summed E-state index contributed by atoms with van der Waals surface area (Å²) in [7, 11) is 0. The van der Waals surface area contributed by atoms with Crippen LogP contribution >= 0.6 is 0 Å². The van der Waals surface area contributed by atoms with E-state index in [2.05, 4.69) is 29.1 Å². The summed E-state index contributed by atoms with van der Waals surface area (Å²) in [5.74, 6) is 2.45. The third-order valence-corrected chi connectivity index (χ3v) is 2.32. The lowest BCUT2D eigenvalue weighted by atomic mass is 10.0. The summed E-state index contributed by atoms with van der Waals surface area (Å²) >= 11 is 0. The Hall–Kier alpha value is -1.12. The molecule has 0 amide bonds. The average molecular weight is 163 g/mol. The molecular weight excluding hydrogens is 150 g/mol. The highest BCUT2D eigenvalue weighted by Gasteiger charge is 2.22. The molecule has 1 aromatic heterocycles. The zero-order valence-electron chi connectivity index (χ0n) is 7.68. The number of anilines is 1. The van der Waals surface area contributed by atoms with E-state index in [1.807, 2.05) is 6.92 Å². The van der Waals surface area contributed by atoms with Crippen LogP contribution in [0.15, 0.2) is 0 Å². The van der Waals surface area contributed by atoms with Crippen molar-refractivity contribution in [2.24, 2.45) is 0 Å². The van der Waals surface area contributed by atoms with Crippen molar-refractivity contribution in [1.82, 2.24) is 9.97 Å². The van der Waals surface area contributed by atoms with Crippen LogP contribution in [-0.4, -0.2) is 16.5 Å². The number of aromatic nitrogens is 2. The van der Waals surface area contributed by atoms with Gasteiger partial charge in [0.2, 0.25) is 0 Å². The van der Waals surface area contributed by atoms with E-state index < -0.39 is 0 Å². The molecule has 12 heavy (non-hydrogen) atoms. The molecule has 1 aromatic rings. The first-order chi connectivity index (χ1) is 5.68. The first kappa shape index (κ1) is 7.53. The molecule has 0 saturated carbocycles. The van der Waals surface area contributed by atoms with Gasteiger partial charge in [0, 0.05) is 23.7 Å². The van der Waals surface area contributed by atoms with Gasteiger partial charge in [-0.2, -0.15) is 0 Å². The van der Waals surface area contributed by atoms with Gasteiger partial charge in [0.25, 0.3) is 0 Å². The topological polar surface area (TPSA) is 37.8 Å². The van der Waals surface area contributed by atoms with Gasteiger partial charge in [-0.15, -0.1) is 0 Å². The SMILES string of the molecule is Cc1nc(C)c2c(n1)NCC2C. The molecule has 3 heteroatoms. The number of aryl methyl sites for hydroxylation is 2. The van der Waals surface area contributed by atoms with Crippen LogP contribution in [0.1, 0.15) is 29.9 Å². The number of nitrogens with one attached hydrogen (secondary N) is 1. The normalized spacial score (nSPS) is 20.4. The Kier molecular flexibility index (Phi) is 1.53. The Labute approximate surface area is 72.2 Å². The van der Waals surface area contributed by atoms with Gasteiger partial charge in [-0.05, 0) is 13.8 Å². The highest BCUT2D eigenvalue weighted by molar-refractivity contribution is 5.53. The van der Waals surface area contributed by atoms with Gasteiger partial charge in [0.15, 0.2) is 0 Å². The quantitative estimate of drug-likeness (QED) is 0.631. The maximum atomic E-state index is 4.34. The van der Waals surface area contributed by atoms with Gasteiger partial charge in [0.1, 0.15) is 11.6 Å². The van der Waals surface area contributed by atoms with Crippen molar-refractivity contribution in [3.05, 3.63) is 17.1 Å². The fraction of sp³-hybridized carbons (Fsp3) is 0.556. The van der Waals surface area contributed by atoms with E-state index in [1.165, 1.54) is 5.56 Å². The largest absolute Gasteiger partial charge is 0.369 e. The first-order valence-electron chi connectivity index (χ1n) is 4.27. The van der Waals surface area contributed by atoms with Crippen LogP contribution in [0, 0.1) is 13.8 Å². The van der Waals surface area contributed by atoms with E-state index in [1.54, 1.807) is 0 Å². The minimum Gasteiger partial charge on any atom is -0.369 e. The Morgan fingerprint density at radius 3 is 2.83 bits per heavy atom. The van der Waals surface area contributed by atoms with E-state index in [9.17, 15) is 0 Å². The van der Waals surface area contributed by atoms with Crippen LogP contribution in [-0.2, 0) is 0 Å². The molecular formula is C9H13N3. The Balaban J connectivity index is 2.60. The van der Waals surface area contributed by atoms with Crippen molar-refractivity contribution in [3.8, 4) is 0 Å². The molecule has 2 heterocycles. The molecule has 0 aliphatic carbocycles. The second-order valence-corrected chi connectivity index (χ2v) is 3.40. The van der Waals surface area contributed by atoms with E-state index in [-0.39, 0.29) is 0 Å². The molecule has 0 bridgehead atoms. The van der Waals surface area contributed by atoms with Crippen molar-refractivity contribution in [2.75, 3.05) is 11.9 Å². The molecule has 2 rings (SSSR count). The molecule has 1 aliphatic rings. The fourth-order valence-electron chi connectivity index (χ4n) is 1.80. The van der Waals surface area contributed by atoms with Crippen molar-refractivity contribution < 1.29 is 0 Å². The van der Waals surface area contributed by atoms with Crippen molar-refractivity contribution in [2.45, 2.75) is 26.7 Å². The minimum absolute atomic E-state index is 0.556. The number of hydrogen-bond donors (Lipinski definition) is 1. The maximum Gasteiger partial charge on any atom is 0.133 e. The molecule has 0 fully saturated rings.